The summed E-state index contributed by atoms with van der Waals surface area (Å²) in [6.45, 7) is 22.5. The van der Waals surface area contributed by atoms with E-state index in [1.54, 1.807) is 0 Å². The summed E-state index contributed by atoms with van der Waals surface area (Å²) in [4.78, 5) is 16.5. The Bertz CT molecular complexity index is 1780. The minimum Gasteiger partial charge on any atom is -0.246 e. The zero-order valence-corrected chi connectivity index (χ0v) is 30.5. The van der Waals surface area contributed by atoms with Gasteiger partial charge in [0.25, 0.3) is 0 Å². The largest absolute Gasteiger partial charge is 0.246 e. The van der Waals surface area contributed by atoms with Crippen LogP contribution in [0.1, 0.15) is 126 Å². The number of hydrogen-bond donors (Lipinski definition) is 0. The first-order valence-electron chi connectivity index (χ1n) is 17.3. The second-order valence-corrected chi connectivity index (χ2v) is 15.4. The smallest absolute Gasteiger partial charge is 0.0966 e. The van der Waals surface area contributed by atoms with E-state index in [0.29, 0.717) is 11.8 Å². The molecule has 5 rings (SSSR count). The number of aromatic nitrogens is 1. The maximum absolute atomic E-state index is 5.54. The van der Waals surface area contributed by atoms with Crippen molar-refractivity contribution in [1.29, 1.82) is 0 Å². The second-order valence-electron chi connectivity index (χ2n) is 15.4. The topological polar surface area (TPSA) is 37.6 Å². The SMILES string of the molecule is CC(C)c1cccc(C(C)(C)C)c1N=C(c1ccccc1)c1cccc(C(=Nc2c(C(C)C)cccc2C(C)(C)C)c2ccccc2)n1. The van der Waals surface area contributed by atoms with Gasteiger partial charge in [0, 0.05) is 11.1 Å². The Morgan fingerprint density at radius 3 is 1.15 bits per heavy atom. The molecule has 0 aliphatic rings. The molecule has 0 fully saturated rings. The maximum Gasteiger partial charge on any atom is 0.0966 e. The average molecular weight is 634 g/mol. The van der Waals surface area contributed by atoms with Crippen molar-refractivity contribution >= 4 is 22.8 Å². The van der Waals surface area contributed by atoms with E-state index in [-0.39, 0.29) is 10.8 Å². The fourth-order valence-corrected chi connectivity index (χ4v) is 6.17. The molecule has 0 atom stereocenters. The normalized spacial score (nSPS) is 13.0. The monoisotopic (exact) mass is 633 g/mol. The molecule has 0 saturated carbocycles. The minimum atomic E-state index is -0.0808. The zero-order valence-electron chi connectivity index (χ0n) is 30.5. The van der Waals surface area contributed by atoms with Gasteiger partial charge in [-0.3, -0.25) is 0 Å². The van der Waals surface area contributed by atoms with Crippen LogP contribution in [0.3, 0.4) is 0 Å². The highest BCUT2D eigenvalue weighted by atomic mass is 14.9. The lowest BCUT2D eigenvalue weighted by Crippen LogP contribution is -2.15. The summed E-state index contributed by atoms with van der Waals surface area (Å²) in [5, 5.41) is 0. The number of hydrogen-bond acceptors (Lipinski definition) is 3. The molecule has 3 nitrogen and oxygen atoms in total. The van der Waals surface area contributed by atoms with Crippen LogP contribution in [0, 0.1) is 0 Å². The number of nitrogens with zero attached hydrogens (tertiary/aromatic N) is 3. The van der Waals surface area contributed by atoms with Crippen molar-refractivity contribution in [3.63, 3.8) is 0 Å². The molecule has 0 bridgehead atoms. The van der Waals surface area contributed by atoms with E-state index in [2.05, 4.69) is 172 Å². The fraction of sp³-hybridized carbons (Fsp3) is 0.311. The van der Waals surface area contributed by atoms with Crippen molar-refractivity contribution in [2.45, 2.75) is 91.9 Å². The fourth-order valence-electron chi connectivity index (χ4n) is 6.17. The van der Waals surface area contributed by atoms with E-state index in [9.17, 15) is 0 Å². The van der Waals surface area contributed by atoms with Gasteiger partial charge < -0.3 is 0 Å². The predicted molar refractivity (Wildman–Crippen MR) is 206 cm³/mol. The Kier molecular flexibility index (Phi) is 10.3. The van der Waals surface area contributed by atoms with Gasteiger partial charge in [-0.15, -0.1) is 0 Å². The van der Waals surface area contributed by atoms with Crippen molar-refractivity contribution in [2.24, 2.45) is 9.98 Å². The van der Waals surface area contributed by atoms with E-state index in [4.69, 9.17) is 15.0 Å². The summed E-state index contributed by atoms with van der Waals surface area (Å²) in [6.07, 6.45) is 0. The molecule has 0 unspecified atom stereocenters. The van der Waals surface area contributed by atoms with Crippen LogP contribution in [0.4, 0.5) is 11.4 Å². The minimum absolute atomic E-state index is 0.0808. The van der Waals surface area contributed by atoms with Crippen molar-refractivity contribution in [1.82, 2.24) is 4.98 Å². The number of aliphatic imine (C=N–C) groups is 2. The Balaban J connectivity index is 1.81. The third-order valence-electron chi connectivity index (χ3n) is 8.77. The highest BCUT2D eigenvalue weighted by molar-refractivity contribution is 6.16. The molecule has 0 aliphatic carbocycles. The van der Waals surface area contributed by atoms with Crippen LogP contribution in [0.25, 0.3) is 0 Å². The Hall–Kier alpha value is -4.63. The number of rotatable bonds is 8. The maximum atomic E-state index is 5.54. The molecule has 3 heteroatoms. The van der Waals surface area contributed by atoms with Gasteiger partial charge in [-0.2, -0.15) is 0 Å². The Morgan fingerprint density at radius 1 is 0.458 bits per heavy atom. The van der Waals surface area contributed by atoms with Crippen molar-refractivity contribution in [3.05, 3.63) is 160 Å². The Labute approximate surface area is 289 Å². The molecule has 0 saturated heterocycles. The third kappa shape index (κ3) is 7.73. The van der Waals surface area contributed by atoms with E-state index >= 15 is 0 Å². The van der Waals surface area contributed by atoms with Gasteiger partial charge in [0.05, 0.1) is 34.2 Å². The highest BCUT2D eigenvalue weighted by Crippen LogP contribution is 2.40. The van der Waals surface area contributed by atoms with E-state index in [0.717, 1.165) is 45.3 Å². The van der Waals surface area contributed by atoms with Gasteiger partial charge in [-0.05, 0) is 57.1 Å². The summed E-state index contributed by atoms with van der Waals surface area (Å²) < 4.78 is 0. The standard InChI is InChI=1S/C45H51N3/c1-30(2)34-24-17-26-36(44(5,6)7)42(34)47-40(32-20-13-11-14-21-32)38-28-19-29-39(46-38)41(33-22-15-12-16-23-33)48-43-35(31(3)4)25-18-27-37(43)45(8,9)10/h11-31H,1-10H3. The van der Waals surface area contributed by atoms with Gasteiger partial charge in [-0.1, -0.05) is 172 Å². The molecule has 4 aromatic carbocycles. The molecule has 48 heavy (non-hydrogen) atoms. The van der Waals surface area contributed by atoms with Gasteiger partial charge in [0.1, 0.15) is 0 Å². The van der Waals surface area contributed by atoms with Gasteiger partial charge >= 0.3 is 0 Å². The van der Waals surface area contributed by atoms with Gasteiger partial charge in [-0.25, -0.2) is 15.0 Å². The van der Waals surface area contributed by atoms with Crippen molar-refractivity contribution in [3.8, 4) is 0 Å². The lowest BCUT2D eigenvalue weighted by Gasteiger charge is -2.25. The zero-order chi connectivity index (χ0) is 34.6. The number of benzene rings is 4. The molecule has 0 radical (unpaired) electrons. The van der Waals surface area contributed by atoms with Gasteiger partial charge in [0.2, 0.25) is 0 Å². The molecule has 0 N–H and O–H groups in total. The van der Waals surface area contributed by atoms with Crippen molar-refractivity contribution < 1.29 is 0 Å². The lowest BCUT2D eigenvalue weighted by molar-refractivity contribution is 0.589. The van der Waals surface area contributed by atoms with E-state index in [1.807, 2.05) is 12.1 Å². The average Bonchev–Trinajstić information content (AvgIpc) is 3.05. The van der Waals surface area contributed by atoms with Crippen LogP contribution >= 0.6 is 0 Å². The molecular formula is C45H51N3. The first-order chi connectivity index (χ1) is 22.8. The van der Waals surface area contributed by atoms with E-state index in [1.165, 1.54) is 22.3 Å². The number of para-hydroxylation sites is 2. The van der Waals surface area contributed by atoms with Crippen LogP contribution in [0.15, 0.2) is 125 Å². The second kappa shape index (κ2) is 14.2. The first kappa shape index (κ1) is 34.7. The van der Waals surface area contributed by atoms with Crippen LogP contribution in [0.5, 0.6) is 0 Å². The molecule has 1 aromatic heterocycles. The summed E-state index contributed by atoms with van der Waals surface area (Å²) in [5.74, 6) is 0.634. The van der Waals surface area contributed by atoms with E-state index < -0.39 is 0 Å². The van der Waals surface area contributed by atoms with Crippen LogP contribution in [-0.2, 0) is 10.8 Å². The van der Waals surface area contributed by atoms with Crippen LogP contribution in [0.2, 0.25) is 0 Å². The van der Waals surface area contributed by atoms with Crippen molar-refractivity contribution in [2.75, 3.05) is 0 Å². The summed E-state index contributed by atoms with van der Waals surface area (Å²) >= 11 is 0. The summed E-state index contributed by atoms with van der Waals surface area (Å²) in [7, 11) is 0. The van der Waals surface area contributed by atoms with Gasteiger partial charge in [0.15, 0.2) is 0 Å². The molecule has 246 valence electrons. The molecule has 0 aliphatic heterocycles. The quantitative estimate of drug-likeness (QED) is 0.157. The molecule has 0 amide bonds. The third-order valence-corrected chi connectivity index (χ3v) is 8.77. The Morgan fingerprint density at radius 2 is 0.812 bits per heavy atom. The molecular weight excluding hydrogens is 583 g/mol. The molecule has 5 aromatic rings. The summed E-state index contributed by atoms with van der Waals surface area (Å²) in [6, 6.07) is 40.3. The highest BCUT2D eigenvalue weighted by Gasteiger charge is 2.24. The van der Waals surface area contributed by atoms with Crippen LogP contribution in [-0.4, -0.2) is 16.4 Å². The molecule has 0 spiro atoms. The first-order valence-corrected chi connectivity index (χ1v) is 17.3. The van der Waals surface area contributed by atoms with Crippen LogP contribution < -0.4 is 0 Å². The number of pyridine rings is 1. The lowest BCUT2D eigenvalue weighted by atomic mass is 9.83. The molecule has 1 heterocycles. The predicted octanol–water partition coefficient (Wildman–Crippen LogP) is 12.3. The summed E-state index contributed by atoms with van der Waals surface area (Å²) in [5.41, 5.74) is 12.2.